The Kier molecular flexibility index (Phi) is 4.85. The molecule has 0 spiro atoms. The van der Waals surface area contributed by atoms with E-state index in [1.54, 1.807) is 6.20 Å². The summed E-state index contributed by atoms with van der Waals surface area (Å²) in [6, 6.07) is 9.24. The van der Waals surface area contributed by atoms with Gasteiger partial charge in [0, 0.05) is 12.1 Å². The molecular weight excluding hydrogens is 404 g/mol. The first-order valence-corrected chi connectivity index (χ1v) is 12.1. The SMILES string of the molecule is O=C(OCc1ncc(-c2ccccc2)o1)C1CCCN1C(=O)C12CC3CC(CC(C3)C1)C2. The van der Waals surface area contributed by atoms with Crippen LogP contribution in [0.15, 0.2) is 40.9 Å². The molecule has 1 saturated heterocycles. The highest BCUT2D eigenvalue weighted by molar-refractivity contribution is 5.89. The normalized spacial score (nSPS) is 32.9. The van der Waals surface area contributed by atoms with Gasteiger partial charge in [-0.25, -0.2) is 9.78 Å². The molecule has 2 heterocycles. The summed E-state index contributed by atoms with van der Waals surface area (Å²) in [6.45, 7) is 0.652. The van der Waals surface area contributed by atoms with Crippen LogP contribution in [-0.2, 0) is 20.9 Å². The van der Waals surface area contributed by atoms with Gasteiger partial charge in [0.2, 0.25) is 11.8 Å². The number of aromatic nitrogens is 1. The van der Waals surface area contributed by atoms with Crippen LogP contribution < -0.4 is 0 Å². The van der Waals surface area contributed by atoms with E-state index in [-0.39, 0.29) is 23.9 Å². The number of hydrogen-bond donors (Lipinski definition) is 0. The number of rotatable bonds is 5. The van der Waals surface area contributed by atoms with Crippen LogP contribution in [0.3, 0.4) is 0 Å². The Hall–Kier alpha value is -2.63. The molecule has 6 nitrogen and oxygen atoms in total. The molecule has 4 saturated carbocycles. The zero-order valence-electron chi connectivity index (χ0n) is 18.4. The number of nitrogens with zero attached hydrogens (tertiary/aromatic N) is 2. The van der Waals surface area contributed by atoms with Crippen LogP contribution in [-0.4, -0.2) is 34.3 Å². The molecule has 0 N–H and O–H groups in total. The lowest BCUT2D eigenvalue weighted by Gasteiger charge is -2.56. The standard InChI is InChI=1S/C26H30N2O4/c29-24(31-16-23-27-15-22(32-23)20-5-2-1-3-6-20)21-7-4-8-28(21)25(30)26-12-17-9-18(13-26)11-19(10-17)14-26/h1-3,5-6,15,17-19,21H,4,7-14,16H2. The molecule has 0 radical (unpaired) electrons. The van der Waals surface area contributed by atoms with Gasteiger partial charge in [-0.15, -0.1) is 0 Å². The number of benzene rings is 1. The number of carbonyl (C=O) groups is 2. The Balaban J connectivity index is 1.11. The number of oxazole rings is 1. The lowest BCUT2D eigenvalue weighted by Crippen LogP contribution is -2.56. The molecule has 1 aromatic heterocycles. The minimum Gasteiger partial charge on any atom is -0.454 e. The highest BCUT2D eigenvalue weighted by atomic mass is 16.5. The Labute approximate surface area is 188 Å². The van der Waals surface area contributed by atoms with Crippen LogP contribution in [0.5, 0.6) is 0 Å². The van der Waals surface area contributed by atoms with Crippen molar-refractivity contribution in [2.24, 2.45) is 23.2 Å². The molecule has 168 valence electrons. The topological polar surface area (TPSA) is 72.6 Å². The molecular formula is C26H30N2O4. The average Bonchev–Trinajstić information content (AvgIpc) is 3.47. The number of hydrogen-bond acceptors (Lipinski definition) is 5. The largest absolute Gasteiger partial charge is 0.454 e. The van der Waals surface area contributed by atoms with Gasteiger partial charge in [-0.2, -0.15) is 0 Å². The van der Waals surface area contributed by atoms with Crippen molar-refractivity contribution in [3.63, 3.8) is 0 Å². The lowest BCUT2D eigenvalue weighted by atomic mass is 9.49. The van der Waals surface area contributed by atoms with Gasteiger partial charge in [-0.3, -0.25) is 4.79 Å². The second-order valence-electron chi connectivity index (χ2n) is 10.4. The highest BCUT2D eigenvalue weighted by Gasteiger charge is 2.57. The fourth-order valence-electron chi connectivity index (χ4n) is 7.27. The van der Waals surface area contributed by atoms with Crippen molar-refractivity contribution in [3.8, 4) is 11.3 Å². The predicted molar refractivity (Wildman–Crippen MR) is 117 cm³/mol. The zero-order valence-corrected chi connectivity index (χ0v) is 18.4. The minimum atomic E-state index is -0.473. The van der Waals surface area contributed by atoms with Crippen molar-refractivity contribution in [1.29, 1.82) is 0 Å². The van der Waals surface area contributed by atoms with Gasteiger partial charge in [-0.1, -0.05) is 30.3 Å². The van der Waals surface area contributed by atoms with Crippen molar-refractivity contribution in [3.05, 3.63) is 42.4 Å². The van der Waals surface area contributed by atoms with E-state index in [1.165, 1.54) is 19.3 Å². The first-order chi connectivity index (χ1) is 15.6. The smallest absolute Gasteiger partial charge is 0.329 e. The summed E-state index contributed by atoms with van der Waals surface area (Å²) in [5.41, 5.74) is 0.714. The summed E-state index contributed by atoms with van der Waals surface area (Å²) in [5, 5.41) is 0. The lowest BCUT2D eigenvalue weighted by molar-refractivity contribution is -0.166. The fourth-order valence-corrected chi connectivity index (χ4v) is 7.27. The van der Waals surface area contributed by atoms with Crippen molar-refractivity contribution in [1.82, 2.24) is 9.88 Å². The van der Waals surface area contributed by atoms with Crippen LogP contribution in [0.4, 0.5) is 0 Å². The molecule has 5 aliphatic rings. The number of carbonyl (C=O) groups excluding carboxylic acids is 2. The van der Waals surface area contributed by atoms with Gasteiger partial charge in [0.15, 0.2) is 12.4 Å². The highest BCUT2D eigenvalue weighted by Crippen LogP contribution is 2.60. The van der Waals surface area contributed by atoms with Crippen molar-refractivity contribution >= 4 is 11.9 Å². The third kappa shape index (κ3) is 3.44. The summed E-state index contributed by atoms with van der Waals surface area (Å²) < 4.78 is 11.3. The Morgan fingerprint density at radius 3 is 2.44 bits per heavy atom. The zero-order chi connectivity index (χ0) is 21.7. The molecule has 4 aliphatic carbocycles. The molecule has 4 bridgehead atoms. The molecule has 1 aliphatic heterocycles. The minimum absolute atomic E-state index is 0.0123. The van der Waals surface area contributed by atoms with E-state index in [1.807, 2.05) is 35.2 Å². The van der Waals surface area contributed by atoms with Crippen molar-refractivity contribution in [2.45, 2.75) is 64.0 Å². The average molecular weight is 435 g/mol. The number of likely N-dealkylation sites (tertiary alicyclic amines) is 1. The Morgan fingerprint density at radius 1 is 1.06 bits per heavy atom. The maximum Gasteiger partial charge on any atom is 0.329 e. The fraction of sp³-hybridized carbons (Fsp3) is 0.577. The molecule has 7 rings (SSSR count). The van der Waals surface area contributed by atoms with Crippen molar-refractivity contribution < 1.29 is 18.7 Å². The van der Waals surface area contributed by atoms with E-state index in [0.717, 1.165) is 31.2 Å². The van der Waals surface area contributed by atoms with E-state index < -0.39 is 6.04 Å². The van der Waals surface area contributed by atoms with E-state index >= 15 is 0 Å². The van der Waals surface area contributed by atoms with E-state index in [9.17, 15) is 9.59 Å². The second-order valence-corrected chi connectivity index (χ2v) is 10.4. The van der Waals surface area contributed by atoms with E-state index in [2.05, 4.69) is 4.98 Å². The van der Waals surface area contributed by atoms with Gasteiger partial charge < -0.3 is 14.1 Å². The van der Waals surface area contributed by atoms with Gasteiger partial charge >= 0.3 is 5.97 Å². The van der Waals surface area contributed by atoms with Crippen LogP contribution in [0.25, 0.3) is 11.3 Å². The maximum atomic E-state index is 13.7. The van der Waals surface area contributed by atoms with E-state index in [0.29, 0.717) is 42.4 Å². The third-order valence-electron chi connectivity index (χ3n) is 8.23. The number of ether oxygens (including phenoxy) is 1. The molecule has 1 atom stereocenters. The molecule has 32 heavy (non-hydrogen) atoms. The molecule has 5 fully saturated rings. The van der Waals surface area contributed by atoms with Crippen LogP contribution in [0.1, 0.15) is 57.3 Å². The summed E-state index contributed by atoms with van der Waals surface area (Å²) >= 11 is 0. The molecule has 6 heteroatoms. The van der Waals surface area contributed by atoms with Crippen LogP contribution in [0, 0.1) is 23.2 Å². The number of esters is 1. The van der Waals surface area contributed by atoms with Gasteiger partial charge in [0.05, 0.1) is 11.6 Å². The molecule has 1 unspecified atom stereocenters. The summed E-state index contributed by atoms with van der Waals surface area (Å²) in [6.07, 6.45) is 10.2. The third-order valence-corrected chi connectivity index (χ3v) is 8.23. The summed E-state index contributed by atoms with van der Waals surface area (Å²) in [4.78, 5) is 32.8. The summed E-state index contributed by atoms with van der Waals surface area (Å²) in [7, 11) is 0. The van der Waals surface area contributed by atoms with Crippen molar-refractivity contribution in [2.75, 3.05) is 6.54 Å². The number of amides is 1. The van der Waals surface area contributed by atoms with Gasteiger partial charge in [0.25, 0.3) is 0 Å². The Morgan fingerprint density at radius 2 is 1.75 bits per heavy atom. The Bertz CT molecular complexity index is 979. The van der Waals surface area contributed by atoms with E-state index in [4.69, 9.17) is 9.15 Å². The summed E-state index contributed by atoms with van der Waals surface area (Å²) in [5.74, 6) is 3.04. The van der Waals surface area contributed by atoms with Crippen LogP contribution >= 0.6 is 0 Å². The molecule has 1 amide bonds. The first kappa shape index (κ1) is 20.0. The maximum absolute atomic E-state index is 13.7. The molecule has 1 aromatic carbocycles. The van der Waals surface area contributed by atoms with Gasteiger partial charge in [-0.05, 0) is 69.1 Å². The molecule has 2 aromatic rings. The quantitative estimate of drug-likeness (QED) is 0.644. The second kappa shape index (κ2) is 7.75. The first-order valence-electron chi connectivity index (χ1n) is 12.1. The van der Waals surface area contributed by atoms with Crippen LogP contribution in [0.2, 0.25) is 0 Å². The monoisotopic (exact) mass is 434 g/mol. The van der Waals surface area contributed by atoms with Gasteiger partial charge in [0.1, 0.15) is 6.04 Å². The predicted octanol–water partition coefficient (Wildman–Crippen LogP) is 4.59.